The summed E-state index contributed by atoms with van der Waals surface area (Å²) in [7, 11) is 4.53. The number of carbonyl (C=O) groups is 6. The Morgan fingerprint density at radius 1 is 0.868 bits per heavy atom. The third-order valence-electron chi connectivity index (χ3n) is 14.7. The summed E-state index contributed by atoms with van der Waals surface area (Å²) in [5.41, 5.74) is 1.09. The van der Waals surface area contributed by atoms with Crippen molar-refractivity contribution in [2.75, 3.05) is 47.6 Å². The second-order valence-corrected chi connectivity index (χ2v) is 20.1. The van der Waals surface area contributed by atoms with Crippen molar-refractivity contribution in [1.29, 1.82) is 0 Å². The summed E-state index contributed by atoms with van der Waals surface area (Å²) in [6.45, 7) is 12.7. The Kier molecular flexibility index (Phi) is 22.6. The Balaban J connectivity index is 1.65. The van der Waals surface area contributed by atoms with Gasteiger partial charge in [0.25, 0.3) is 11.7 Å². The minimum atomic E-state index is -2.38. The van der Waals surface area contributed by atoms with Crippen LogP contribution >= 0.6 is 0 Å². The van der Waals surface area contributed by atoms with E-state index in [0.29, 0.717) is 57.8 Å². The van der Waals surface area contributed by atoms with Gasteiger partial charge in [-0.3, -0.25) is 28.8 Å². The number of piperidine rings is 1. The number of amides is 1. The van der Waals surface area contributed by atoms with Gasteiger partial charge in [0.05, 0.1) is 43.5 Å². The molecule has 3 heterocycles. The van der Waals surface area contributed by atoms with Crippen molar-refractivity contribution in [1.82, 2.24) is 4.90 Å². The van der Waals surface area contributed by atoms with Crippen LogP contribution in [0, 0.1) is 41.4 Å². The minimum Gasteiger partial charge on any atom is -0.461 e. The highest BCUT2D eigenvalue weighted by atomic mass is 16.6. The van der Waals surface area contributed by atoms with E-state index >= 15 is 0 Å². The molecule has 4 rings (SSSR count). The van der Waals surface area contributed by atoms with Crippen LogP contribution in [-0.4, -0.2) is 140 Å². The van der Waals surface area contributed by atoms with Crippen molar-refractivity contribution >= 4 is 35.0 Å². The number of hydrogen-bond donors (Lipinski definition) is 2. The number of Topliss-reactive ketones (excluding diaryl/α,β-unsaturated/α-hetero) is 4. The molecule has 15 heteroatoms. The lowest BCUT2D eigenvalue weighted by molar-refractivity contribution is -0.265. The third-order valence-corrected chi connectivity index (χ3v) is 14.7. The molecule has 0 aromatic carbocycles. The fraction of sp³-hybridized carbons (Fsp3) is 0.736. The van der Waals surface area contributed by atoms with Crippen molar-refractivity contribution < 1.29 is 67.4 Å². The van der Waals surface area contributed by atoms with Crippen molar-refractivity contribution in [3.63, 3.8) is 0 Å². The van der Waals surface area contributed by atoms with Crippen LogP contribution in [0.25, 0.3) is 0 Å². The van der Waals surface area contributed by atoms with Gasteiger partial charge in [-0.25, -0.2) is 0 Å². The summed E-state index contributed by atoms with van der Waals surface area (Å²) in [6.07, 6.45) is 12.6. The van der Waals surface area contributed by atoms with Gasteiger partial charge >= 0.3 is 5.97 Å². The molecule has 1 saturated carbocycles. The number of cyclic esters (lactones) is 1. The Labute approximate surface area is 404 Å². The number of aliphatic hydroxyl groups excluding tert-OH is 1. The number of rotatable bonds is 9. The molecule has 0 aromatic heterocycles. The van der Waals surface area contributed by atoms with Crippen LogP contribution < -0.4 is 0 Å². The zero-order valence-electron chi connectivity index (χ0n) is 42.3. The van der Waals surface area contributed by atoms with Gasteiger partial charge < -0.3 is 43.5 Å². The lowest BCUT2D eigenvalue weighted by Gasteiger charge is -2.42. The normalized spacial score (nSPS) is 38.1. The van der Waals surface area contributed by atoms with E-state index < -0.39 is 77.3 Å². The molecule has 4 aliphatic rings. The highest BCUT2D eigenvalue weighted by Gasteiger charge is 2.52. The van der Waals surface area contributed by atoms with E-state index in [1.165, 1.54) is 18.1 Å². The van der Waals surface area contributed by atoms with Gasteiger partial charge in [0.15, 0.2) is 17.7 Å². The molecule has 68 heavy (non-hydrogen) atoms. The summed E-state index contributed by atoms with van der Waals surface area (Å²) in [5.74, 6) is -9.07. The maximum Gasteiger partial charge on any atom is 0.311 e. The number of ketones is 4. The SMILES string of the molecule is CO[C@@H]1C(=O)/C(C)=C/[C@@H](C)C(=O)C[C@@H]([C@H](C)C[C@@H]2CC[C@@H](OCCO)[C@H](OC)C2)OC(=O)[C@@H]2CCCN(C2)C(=O)C(=O)[C@]2(O)O[C@@H](CC[C@H]2C)C[C@H](OC)/C(C)=C/C=C/C=C\[C@@H](C)C[C@@H](C)C1=O. The van der Waals surface area contributed by atoms with Crippen molar-refractivity contribution in [2.24, 2.45) is 41.4 Å². The van der Waals surface area contributed by atoms with Gasteiger partial charge in [0.2, 0.25) is 5.79 Å². The van der Waals surface area contributed by atoms with Crippen LogP contribution in [0.4, 0.5) is 0 Å². The minimum absolute atomic E-state index is 0.0139. The second kappa shape index (κ2) is 27.1. The van der Waals surface area contributed by atoms with Crippen molar-refractivity contribution in [3.8, 4) is 0 Å². The summed E-state index contributed by atoms with van der Waals surface area (Å²) in [6, 6.07) is 0. The molecule has 3 fully saturated rings. The molecule has 14 atom stereocenters. The highest BCUT2D eigenvalue weighted by molar-refractivity contribution is 6.38. The maximum absolute atomic E-state index is 14.2. The fourth-order valence-electron chi connectivity index (χ4n) is 10.3. The summed E-state index contributed by atoms with van der Waals surface area (Å²) < 4.78 is 35.3. The van der Waals surface area contributed by atoms with E-state index in [1.54, 1.807) is 41.9 Å². The molecular weight excluding hydrogens is 875 g/mol. The lowest BCUT2D eigenvalue weighted by Crippen LogP contribution is -2.59. The largest absolute Gasteiger partial charge is 0.461 e. The van der Waals surface area contributed by atoms with Crippen LogP contribution in [-0.2, 0) is 57.2 Å². The average molecular weight is 956 g/mol. The first-order chi connectivity index (χ1) is 32.3. The van der Waals surface area contributed by atoms with Gasteiger partial charge in [-0.15, -0.1) is 0 Å². The Hall–Kier alpha value is -3.70. The van der Waals surface area contributed by atoms with Crippen LogP contribution in [0.2, 0.25) is 0 Å². The number of carbonyl (C=O) groups excluding carboxylic acids is 6. The highest BCUT2D eigenvalue weighted by Crippen LogP contribution is 2.38. The molecule has 2 saturated heterocycles. The van der Waals surface area contributed by atoms with Crippen molar-refractivity contribution in [3.05, 3.63) is 47.6 Å². The van der Waals surface area contributed by atoms with Gasteiger partial charge in [-0.1, -0.05) is 71.1 Å². The predicted octanol–water partition coefficient (Wildman–Crippen LogP) is 6.26. The fourth-order valence-corrected chi connectivity index (χ4v) is 10.3. The summed E-state index contributed by atoms with van der Waals surface area (Å²) in [5, 5.41) is 21.2. The van der Waals surface area contributed by atoms with Crippen LogP contribution in [0.1, 0.15) is 119 Å². The molecule has 0 spiro atoms. The Bertz CT molecular complexity index is 1860. The lowest BCUT2D eigenvalue weighted by atomic mass is 9.78. The Morgan fingerprint density at radius 2 is 1.60 bits per heavy atom. The standard InChI is InChI=1S/C53H81NO14/c1-32-15-12-11-13-16-33(2)44(63-8)29-41-20-18-38(7)53(62,68-41)50(59)51(60)54-22-14-17-40(31-54)52(61)67-45(35(4)27-39-19-21-43(66-24-23-55)46(28-39)64-9)30-42(56)34(3)26-37(6)48(58)49(65-10)47(57)36(5)25-32/h11-13,15-16,26,32,34-36,38-41,43-46,49,55,62H,14,17-25,27-31H2,1-10H3/b13-11+,15-12-,33-16+,37-26+/t32-,34-,35-,36-,38-,39+,40-,41+,43-,44+,45+,46-,49+,53-/m1/s1. The smallest absolute Gasteiger partial charge is 0.311 e. The van der Waals surface area contributed by atoms with E-state index in [0.717, 1.165) is 12.0 Å². The predicted molar refractivity (Wildman–Crippen MR) is 255 cm³/mol. The molecule has 0 unspecified atom stereocenters. The molecule has 4 bridgehead atoms. The average Bonchev–Trinajstić information content (AvgIpc) is 3.32. The summed E-state index contributed by atoms with van der Waals surface area (Å²) in [4.78, 5) is 85.0. The van der Waals surface area contributed by atoms with Gasteiger partial charge in [-0.2, -0.15) is 0 Å². The topological polar surface area (TPSA) is 201 Å². The first-order valence-corrected chi connectivity index (χ1v) is 24.8. The monoisotopic (exact) mass is 956 g/mol. The van der Waals surface area contributed by atoms with Crippen LogP contribution in [0.3, 0.4) is 0 Å². The number of fused-ring (bicyclic) bond motifs is 4. The van der Waals surface area contributed by atoms with Crippen molar-refractivity contribution in [2.45, 2.75) is 162 Å². The van der Waals surface area contributed by atoms with Gasteiger partial charge in [0.1, 0.15) is 11.9 Å². The molecule has 15 nitrogen and oxygen atoms in total. The van der Waals surface area contributed by atoms with E-state index in [2.05, 4.69) is 0 Å². The van der Waals surface area contributed by atoms with Gasteiger partial charge in [0, 0.05) is 65.0 Å². The molecule has 0 radical (unpaired) electrons. The number of nitrogens with zero attached hydrogens (tertiary/aromatic N) is 1. The van der Waals surface area contributed by atoms with Crippen LogP contribution in [0.15, 0.2) is 47.6 Å². The van der Waals surface area contributed by atoms with E-state index in [-0.39, 0.29) is 79.8 Å². The maximum atomic E-state index is 14.2. The molecular formula is C53H81NO14. The molecule has 3 aliphatic heterocycles. The number of aliphatic hydroxyl groups is 2. The molecule has 2 N–H and O–H groups in total. The number of methoxy groups -OCH3 is 3. The number of ether oxygens (including phenoxy) is 6. The summed E-state index contributed by atoms with van der Waals surface area (Å²) >= 11 is 0. The molecule has 1 amide bonds. The molecule has 1 aliphatic carbocycles. The first kappa shape index (κ1) is 56.9. The molecule has 382 valence electrons. The quantitative estimate of drug-likeness (QED) is 0.149. The number of allylic oxidation sites excluding steroid dienone is 6. The first-order valence-electron chi connectivity index (χ1n) is 24.8. The zero-order chi connectivity index (χ0) is 50.3. The number of hydrogen-bond acceptors (Lipinski definition) is 14. The van der Waals surface area contributed by atoms with Gasteiger partial charge in [-0.05, 0) is 101 Å². The Morgan fingerprint density at radius 3 is 2.28 bits per heavy atom. The van der Waals surface area contributed by atoms with E-state index in [1.807, 2.05) is 51.2 Å². The van der Waals surface area contributed by atoms with E-state index in [4.69, 9.17) is 28.4 Å². The van der Waals surface area contributed by atoms with Crippen LogP contribution in [0.5, 0.6) is 0 Å². The third kappa shape index (κ3) is 15.4. The molecule has 0 aromatic rings. The second-order valence-electron chi connectivity index (χ2n) is 20.1. The van der Waals surface area contributed by atoms with E-state index in [9.17, 15) is 39.0 Å². The number of esters is 1. The zero-order valence-corrected chi connectivity index (χ0v) is 42.3.